The summed E-state index contributed by atoms with van der Waals surface area (Å²) in [6.07, 6.45) is -0.522. The topological polar surface area (TPSA) is 46.5 Å². The molecule has 0 aromatic heterocycles. The summed E-state index contributed by atoms with van der Waals surface area (Å²) in [7, 11) is 0. The lowest BCUT2D eigenvalue weighted by Crippen LogP contribution is -2.07. The molecule has 1 N–H and O–H groups in total. The van der Waals surface area contributed by atoms with Crippen LogP contribution in [0.25, 0.3) is 0 Å². The Morgan fingerprint density at radius 1 is 1.50 bits per heavy atom. The molecule has 3 nitrogen and oxygen atoms in total. The van der Waals surface area contributed by atoms with Gasteiger partial charge in [0, 0.05) is 4.90 Å². The first kappa shape index (κ1) is 13.1. The number of hydrogen-bond donors (Lipinski definition) is 1. The van der Waals surface area contributed by atoms with Crippen LogP contribution in [0.2, 0.25) is 0 Å². The highest BCUT2D eigenvalue weighted by atomic mass is 32.2. The van der Waals surface area contributed by atoms with Crippen molar-refractivity contribution >= 4 is 17.7 Å². The van der Waals surface area contributed by atoms with E-state index < -0.39 is 6.10 Å². The third-order valence-corrected chi connectivity index (χ3v) is 3.08. The average Bonchev–Trinajstić information content (AvgIpc) is 2.27. The summed E-state index contributed by atoms with van der Waals surface area (Å²) in [6.45, 7) is 3.90. The second-order valence-electron chi connectivity index (χ2n) is 3.31. The Balaban J connectivity index is 2.63. The SMILES string of the molecule is CCOC(=O)CSc1ccccc1[C@@H](C)O. The van der Waals surface area contributed by atoms with Crippen LogP contribution in [0.4, 0.5) is 0 Å². The van der Waals surface area contributed by atoms with Gasteiger partial charge in [-0.2, -0.15) is 0 Å². The number of carbonyl (C=O) groups excluding carboxylic acids is 1. The minimum atomic E-state index is -0.522. The maximum absolute atomic E-state index is 11.2. The van der Waals surface area contributed by atoms with Gasteiger partial charge in [0.25, 0.3) is 0 Å². The van der Waals surface area contributed by atoms with E-state index in [2.05, 4.69) is 0 Å². The number of ether oxygens (including phenoxy) is 1. The van der Waals surface area contributed by atoms with Crippen molar-refractivity contribution in [3.63, 3.8) is 0 Å². The molecule has 88 valence electrons. The fourth-order valence-electron chi connectivity index (χ4n) is 1.30. The predicted molar refractivity (Wildman–Crippen MR) is 64.4 cm³/mol. The molecule has 0 fully saturated rings. The Kier molecular flexibility index (Phi) is 5.35. The number of carbonyl (C=O) groups is 1. The zero-order valence-electron chi connectivity index (χ0n) is 9.47. The molecule has 0 saturated heterocycles. The second-order valence-corrected chi connectivity index (χ2v) is 4.32. The molecular weight excluding hydrogens is 224 g/mol. The molecule has 1 rings (SSSR count). The quantitative estimate of drug-likeness (QED) is 0.634. The van der Waals surface area contributed by atoms with E-state index in [9.17, 15) is 9.90 Å². The van der Waals surface area contributed by atoms with Crippen LogP contribution in [0.5, 0.6) is 0 Å². The molecule has 0 aliphatic rings. The molecule has 0 amide bonds. The Morgan fingerprint density at radius 2 is 2.19 bits per heavy atom. The number of esters is 1. The van der Waals surface area contributed by atoms with Gasteiger partial charge < -0.3 is 9.84 Å². The lowest BCUT2D eigenvalue weighted by molar-refractivity contribution is -0.139. The van der Waals surface area contributed by atoms with Crippen LogP contribution in [0, 0.1) is 0 Å². The average molecular weight is 240 g/mol. The van der Waals surface area contributed by atoms with E-state index in [-0.39, 0.29) is 11.7 Å². The van der Waals surface area contributed by atoms with Crippen molar-refractivity contribution in [1.29, 1.82) is 0 Å². The zero-order valence-corrected chi connectivity index (χ0v) is 10.3. The van der Waals surface area contributed by atoms with Crippen LogP contribution in [-0.2, 0) is 9.53 Å². The van der Waals surface area contributed by atoms with Crippen molar-refractivity contribution in [2.75, 3.05) is 12.4 Å². The number of rotatable bonds is 5. The van der Waals surface area contributed by atoms with Crippen molar-refractivity contribution < 1.29 is 14.6 Å². The molecule has 0 spiro atoms. The molecule has 0 radical (unpaired) electrons. The molecule has 1 aromatic carbocycles. The van der Waals surface area contributed by atoms with Gasteiger partial charge in [-0.15, -0.1) is 11.8 Å². The minimum absolute atomic E-state index is 0.229. The summed E-state index contributed by atoms with van der Waals surface area (Å²) in [5, 5.41) is 9.54. The van der Waals surface area contributed by atoms with Gasteiger partial charge in [-0.05, 0) is 25.5 Å². The monoisotopic (exact) mass is 240 g/mol. The summed E-state index contributed by atoms with van der Waals surface area (Å²) in [6, 6.07) is 7.51. The van der Waals surface area contributed by atoms with E-state index >= 15 is 0 Å². The van der Waals surface area contributed by atoms with Gasteiger partial charge in [-0.1, -0.05) is 18.2 Å². The summed E-state index contributed by atoms with van der Waals surface area (Å²) in [5.74, 6) is 0.0466. The van der Waals surface area contributed by atoms with Crippen LogP contribution >= 0.6 is 11.8 Å². The fourth-order valence-corrected chi connectivity index (χ4v) is 2.23. The van der Waals surface area contributed by atoms with Crippen molar-refractivity contribution in [2.24, 2.45) is 0 Å². The maximum Gasteiger partial charge on any atom is 0.316 e. The van der Waals surface area contributed by atoms with Gasteiger partial charge in [0.15, 0.2) is 0 Å². The van der Waals surface area contributed by atoms with Gasteiger partial charge >= 0.3 is 5.97 Å². The summed E-state index contributed by atoms with van der Waals surface area (Å²) >= 11 is 1.39. The van der Waals surface area contributed by atoms with Crippen molar-refractivity contribution in [2.45, 2.75) is 24.8 Å². The molecule has 1 atom stereocenters. The standard InChI is InChI=1S/C12H16O3S/c1-3-15-12(14)8-16-11-7-5-4-6-10(11)9(2)13/h4-7,9,13H,3,8H2,1-2H3/t9-/m1/s1. The third-order valence-electron chi connectivity index (χ3n) is 2.02. The Labute approximate surface area is 99.8 Å². The van der Waals surface area contributed by atoms with Crippen molar-refractivity contribution in [3.8, 4) is 0 Å². The Hall–Kier alpha value is -1.00. The summed E-state index contributed by atoms with van der Waals surface area (Å²) in [5.41, 5.74) is 0.844. The van der Waals surface area contributed by atoms with E-state index in [0.29, 0.717) is 6.61 Å². The summed E-state index contributed by atoms with van der Waals surface area (Å²) in [4.78, 5) is 12.1. The van der Waals surface area contributed by atoms with Gasteiger partial charge in [-0.25, -0.2) is 0 Å². The zero-order chi connectivity index (χ0) is 12.0. The van der Waals surface area contributed by atoms with E-state index in [4.69, 9.17) is 4.74 Å². The van der Waals surface area contributed by atoms with Gasteiger partial charge in [-0.3, -0.25) is 4.79 Å². The highest BCUT2D eigenvalue weighted by Crippen LogP contribution is 2.27. The van der Waals surface area contributed by atoms with Crippen molar-refractivity contribution in [3.05, 3.63) is 29.8 Å². The number of hydrogen-bond acceptors (Lipinski definition) is 4. The number of aliphatic hydroxyl groups excluding tert-OH is 1. The predicted octanol–water partition coefficient (Wildman–Crippen LogP) is 2.40. The van der Waals surface area contributed by atoms with Crippen LogP contribution in [0.3, 0.4) is 0 Å². The van der Waals surface area contributed by atoms with Crippen LogP contribution < -0.4 is 0 Å². The molecule has 4 heteroatoms. The van der Waals surface area contributed by atoms with E-state index in [1.165, 1.54) is 11.8 Å². The first-order valence-electron chi connectivity index (χ1n) is 5.20. The molecule has 0 aliphatic heterocycles. The van der Waals surface area contributed by atoms with Crippen LogP contribution in [-0.4, -0.2) is 23.4 Å². The lowest BCUT2D eigenvalue weighted by Gasteiger charge is -2.10. The highest BCUT2D eigenvalue weighted by Gasteiger charge is 2.09. The fraction of sp³-hybridized carbons (Fsp3) is 0.417. The molecule has 0 saturated carbocycles. The van der Waals surface area contributed by atoms with Crippen molar-refractivity contribution in [1.82, 2.24) is 0 Å². The van der Waals surface area contributed by atoms with E-state index in [1.807, 2.05) is 24.3 Å². The van der Waals surface area contributed by atoms with Gasteiger partial charge in [0.2, 0.25) is 0 Å². The third kappa shape index (κ3) is 3.87. The first-order chi connectivity index (χ1) is 7.65. The van der Waals surface area contributed by atoms with Crippen LogP contribution in [0.15, 0.2) is 29.2 Å². The largest absolute Gasteiger partial charge is 0.465 e. The number of benzene rings is 1. The molecule has 0 unspecified atom stereocenters. The normalized spacial score (nSPS) is 12.2. The minimum Gasteiger partial charge on any atom is -0.465 e. The lowest BCUT2D eigenvalue weighted by atomic mass is 10.1. The molecule has 0 heterocycles. The highest BCUT2D eigenvalue weighted by molar-refractivity contribution is 8.00. The van der Waals surface area contributed by atoms with Gasteiger partial charge in [0.05, 0.1) is 18.5 Å². The van der Waals surface area contributed by atoms with E-state index in [1.54, 1.807) is 13.8 Å². The van der Waals surface area contributed by atoms with E-state index in [0.717, 1.165) is 10.5 Å². The first-order valence-corrected chi connectivity index (χ1v) is 6.19. The molecule has 16 heavy (non-hydrogen) atoms. The maximum atomic E-state index is 11.2. The Morgan fingerprint density at radius 3 is 2.81 bits per heavy atom. The molecule has 1 aromatic rings. The molecule has 0 aliphatic carbocycles. The Bertz CT molecular complexity index is 350. The number of aliphatic hydroxyl groups is 1. The van der Waals surface area contributed by atoms with Crippen LogP contribution in [0.1, 0.15) is 25.5 Å². The smallest absolute Gasteiger partial charge is 0.316 e. The summed E-state index contributed by atoms with van der Waals surface area (Å²) < 4.78 is 4.84. The second kappa shape index (κ2) is 6.55. The molecular formula is C12H16O3S. The number of thioether (sulfide) groups is 1. The van der Waals surface area contributed by atoms with Gasteiger partial charge in [0.1, 0.15) is 0 Å². The molecule has 0 bridgehead atoms.